The minimum atomic E-state index is -4.60. The van der Waals surface area contributed by atoms with Crippen LogP contribution in [0.5, 0.6) is 0 Å². The van der Waals surface area contributed by atoms with Gasteiger partial charge in [0, 0.05) is 15.6 Å². The van der Waals surface area contributed by atoms with Crippen LogP contribution < -0.4 is 5.43 Å². The standard InChI is InChI=1S/C17H9Cl3F3N3S/c18-11-4-1-9(2-5-11)14-15(17(21,22)23)25-16(27-14)26-24-8-10-3-6-12(19)7-13(10)20/h1-8H,(H,25,26)/b24-8-. The van der Waals surface area contributed by atoms with E-state index in [-0.39, 0.29) is 10.0 Å². The Morgan fingerprint density at radius 2 is 1.67 bits per heavy atom. The highest BCUT2D eigenvalue weighted by Crippen LogP contribution is 2.42. The van der Waals surface area contributed by atoms with E-state index in [4.69, 9.17) is 34.8 Å². The molecule has 140 valence electrons. The fraction of sp³-hybridized carbons (Fsp3) is 0.0588. The van der Waals surface area contributed by atoms with Gasteiger partial charge in [0.05, 0.1) is 16.1 Å². The second-order valence-corrected chi connectivity index (χ2v) is 7.52. The van der Waals surface area contributed by atoms with E-state index in [0.717, 1.165) is 11.3 Å². The summed E-state index contributed by atoms with van der Waals surface area (Å²) in [6.07, 6.45) is -3.23. The quantitative estimate of drug-likeness (QED) is 0.336. The van der Waals surface area contributed by atoms with E-state index < -0.39 is 11.9 Å². The highest BCUT2D eigenvalue weighted by molar-refractivity contribution is 7.19. The van der Waals surface area contributed by atoms with Crippen molar-refractivity contribution in [1.29, 1.82) is 0 Å². The van der Waals surface area contributed by atoms with Gasteiger partial charge in [0.2, 0.25) is 5.13 Å². The molecule has 0 aliphatic rings. The van der Waals surface area contributed by atoms with E-state index in [1.807, 2.05) is 0 Å². The Morgan fingerprint density at radius 1 is 1.00 bits per heavy atom. The van der Waals surface area contributed by atoms with Gasteiger partial charge in [-0.05, 0) is 29.8 Å². The molecule has 3 aromatic rings. The SMILES string of the molecule is FC(F)(F)c1nc(N/N=C\c2ccc(Cl)cc2Cl)sc1-c1ccc(Cl)cc1. The molecule has 0 spiro atoms. The first-order valence-electron chi connectivity index (χ1n) is 7.32. The molecule has 0 radical (unpaired) electrons. The average molecular weight is 451 g/mol. The Bertz CT molecular complexity index is 985. The largest absolute Gasteiger partial charge is 0.434 e. The van der Waals surface area contributed by atoms with Gasteiger partial charge in [0.15, 0.2) is 5.69 Å². The van der Waals surface area contributed by atoms with Crippen LogP contribution in [0.3, 0.4) is 0 Å². The lowest BCUT2D eigenvalue weighted by Crippen LogP contribution is -2.07. The Morgan fingerprint density at radius 3 is 2.30 bits per heavy atom. The predicted molar refractivity (Wildman–Crippen MR) is 105 cm³/mol. The summed E-state index contributed by atoms with van der Waals surface area (Å²) < 4.78 is 40.0. The van der Waals surface area contributed by atoms with E-state index in [9.17, 15) is 13.2 Å². The molecule has 0 saturated heterocycles. The van der Waals surface area contributed by atoms with Gasteiger partial charge in [-0.3, -0.25) is 5.43 Å². The first-order chi connectivity index (χ1) is 12.7. The molecule has 0 unspecified atom stereocenters. The summed E-state index contributed by atoms with van der Waals surface area (Å²) in [7, 11) is 0. The summed E-state index contributed by atoms with van der Waals surface area (Å²) in [5, 5.41) is 5.16. The third-order valence-electron chi connectivity index (χ3n) is 3.33. The van der Waals surface area contributed by atoms with Crippen LogP contribution in [0.2, 0.25) is 15.1 Å². The lowest BCUT2D eigenvalue weighted by molar-refractivity contribution is -0.140. The molecule has 1 N–H and O–H groups in total. The highest BCUT2D eigenvalue weighted by Gasteiger charge is 2.38. The normalized spacial score (nSPS) is 11.9. The van der Waals surface area contributed by atoms with Gasteiger partial charge in [-0.25, -0.2) is 4.98 Å². The average Bonchev–Trinajstić information content (AvgIpc) is 3.02. The zero-order valence-corrected chi connectivity index (χ0v) is 16.3. The number of thiazole rings is 1. The first kappa shape index (κ1) is 19.9. The second kappa shape index (κ2) is 8.06. The summed E-state index contributed by atoms with van der Waals surface area (Å²) in [6.45, 7) is 0. The maximum Gasteiger partial charge on any atom is 0.434 e. The molecule has 1 aromatic heterocycles. The molecule has 0 saturated carbocycles. The first-order valence-corrected chi connectivity index (χ1v) is 9.27. The van der Waals surface area contributed by atoms with Crippen LogP contribution in [0.15, 0.2) is 47.6 Å². The number of alkyl halides is 3. The smallest absolute Gasteiger partial charge is 0.253 e. The molecular weight excluding hydrogens is 442 g/mol. The Kier molecular flexibility index (Phi) is 5.95. The Labute approximate surface area is 171 Å². The van der Waals surface area contributed by atoms with Crippen LogP contribution in [-0.2, 0) is 6.18 Å². The van der Waals surface area contributed by atoms with Gasteiger partial charge in [0.25, 0.3) is 0 Å². The number of anilines is 1. The van der Waals surface area contributed by atoms with Gasteiger partial charge in [-0.1, -0.05) is 64.3 Å². The highest BCUT2D eigenvalue weighted by atomic mass is 35.5. The topological polar surface area (TPSA) is 37.3 Å². The lowest BCUT2D eigenvalue weighted by Gasteiger charge is -2.05. The van der Waals surface area contributed by atoms with E-state index >= 15 is 0 Å². The van der Waals surface area contributed by atoms with Crippen LogP contribution in [-0.4, -0.2) is 11.2 Å². The van der Waals surface area contributed by atoms with Crippen LogP contribution in [0.1, 0.15) is 11.3 Å². The molecule has 0 bridgehead atoms. The molecule has 1 heterocycles. The van der Waals surface area contributed by atoms with E-state index in [0.29, 0.717) is 26.2 Å². The van der Waals surface area contributed by atoms with Crippen molar-refractivity contribution in [2.45, 2.75) is 6.18 Å². The minimum absolute atomic E-state index is 0.00592. The van der Waals surface area contributed by atoms with Crippen LogP contribution in [0.4, 0.5) is 18.3 Å². The van der Waals surface area contributed by atoms with Crippen molar-refractivity contribution in [3.63, 3.8) is 0 Å². The third-order valence-corrected chi connectivity index (χ3v) is 5.15. The maximum atomic E-state index is 13.3. The van der Waals surface area contributed by atoms with Gasteiger partial charge in [-0.2, -0.15) is 18.3 Å². The van der Waals surface area contributed by atoms with Gasteiger partial charge >= 0.3 is 6.18 Å². The zero-order chi connectivity index (χ0) is 19.6. The van der Waals surface area contributed by atoms with Crippen molar-refractivity contribution < 1.29 is 13.2 Å². The number of nitrogens with one attached hydrogen (secondary N) is 1. The lowest BCUT2D eigenvalue weighted by atomic mass is 10.1. The van der Waals surface area contributed by atoms with E-state index in [1.54, 1.807) is 12.1 Å². The van der Waals surface area contributed by atoms with Crippen molar-refractivity contribution in [2.75, 3.05) is 5.43 Å². The van der Waals surface area contributed by atoms with Gasteiger partial charge < -0.3 is 0 Å². The fourth-order valence-corrected chi connectivity index (χ4v) is 3.64. The summed E-state index contributed by atoms with van der Waals surface area (Å²) >= 11 is 18.5. The van der Waals surface area contributed by atoms with Crippen molar-refractivity contribution >= 4 is 57.5 Å². The number of rotatable bonds is 4. The molecule has 2 aromatic carbocycles. The van der Waals surface area contributed by atoms with E-state index in [2.05, 4.69) is 15.5 Å². The Balaban J connectivity index is 1.88. The van der Waals surface area contributed by atoms with Crippen LogP contribution in [0, 0.1) is 0 Å². The number of hydrazone groups is 1. The molecule has 3 rings (SSSR count). The van der Waals surface area contributed by atoms with Gasteiger partial charge in [-0.15, -0.1) is 0 Å². The molecule has 0 atom stereocenters. The molecular formula is C17H9Cl3F3N3S. The number of hydrogen-bond donors (Lipinski definition) is 1. The Hall–Kier alpha value is -1.80. The number of benzene rings is 2. The van der Waals surface area contributed by atoms with Crippen molar-refractivity contribution in [3.05, 3.63) is 68.8 Å². The number of nitrogens with zero attached hydrogens (tertiary/aromatic N) is 2. The number of aromatic nitrogens is 1. The van der Waals surface area contributed by atoms with E-state index in [1.165, 1.54) is 36.5 Å². The summed E-state index contributed by atoms with van der Waals surface area (Å²) in [5.41, 5.74) is 2.44. The summed E-state index contributed by atoms with van der Waals surface area (Å²) in [4.78, 5) is 3.60. The second-order valence-electron chi connectivity index (χ2n) is 5.24. The van der Waals surface area contributed by atoms with Crippen molar-refractivity contribution in [1.82, 2.24) is 4.98 Å². The molecule has 0 fully saturated rings. The molecule has 0 amide bonds. The number of halogens is 6. The molecule has 10 heteroatoms. The maximum absolute atomic E-state index is 13.3. The third kappa shape index (κ3) is 4.93. The minimum Gasteiger partial charge on any atom is -0.253 e. The zero-order valence-electron chi connectivity index (χ0n) is 13.2. The summed E-state index contributed by atoms with van der Waals surface area (Å²) in [6, 6.07) is 10.8. The molecule has 3 nitrogen and oxygen atoms in total. The fourth-order valence-electron chi connectivity index (χ4n) is 2.12. The van der Waals surface area contributed by atoms with Crippen LogP contribution >= 0.6 is 46.1 Å². The molecule has 0 aliphatic carbocycles. The molecule has 0 aliphatic heterocycles. The van der Waals surface area contributed by atoms with Gasteiger partial charge in [0.1, 0.15) is 0 Å². The number of hydrogen-bond acceptors (Lipinski definition) is 4. The predicted octanol–water partition coefficient (Wildman–Crippen LogP) is 7.24. The monoisotopic (exact) mass is 449 g/mol. The van der Waals surface area contributed by atoms with Crippen molar-refractivity contribution in [2.24, 2.45) is 5.10 Å². The molecule has 27 heavy (non-hydrogen) atoms. The summed E-state index contributed by atoms with van der Waals surface area (Å²) in [5.74, 6) is 0. The van der Waals surface area contributed by atoms with Crippen LogP contribution in [0.25, 0.3) is 10.4 Å². The van der Waals surface area contributed by atoms with Crippen molar-refractivity contribution in [3.8, 4) is 10.4 Å².